The number of aromatic nitrogens is 1. The lowest BCUT2D eigenvalue weighted by atomic mass is 10.1. The second kappa shape index (κ2) is 7.52. The molecule has 0 spiro atoms. The predicted octanol–water partition coefficient (Wildman–Crippen LogP) is 1.36. The Morgan fingerprint density at radius 3 is 2.43 bits per heavy atom. The van der Waals surface area contributed by atoms with Crippen LogP contribution in [0.1, 0.15) is 21.5 Å². The summed E-state index contributed by atoms with van der Waals surface area (Å²) in [5, 5.41) is 0. The molecule has 28 heavy (non-hydrogen) atoms. The Balaban J connectivity index is 1.40. The van der Waals surface area contributed by atoms with Gasteiger partial charge >= 0.3 is 0 Å². The zero-order valence-corrected chi connectivity index (χ0v) is 16.7. The number of amides is 1. The molecular formula is C20H24N4O3S. The number of fused-ring (bicyclic) bond motifs is 1. The molecule has 3 heterocycles. The second-order valence-corrected chi connectivity index (χ2v) is 9.26. The lowest BCUT2D eigenvalue weighted by Crippen LogP contribution is -2.48. The summed E-state index contributed by atoms with van der Waals surface area (Å²) in [5.74, 6) is 0.0177. The molecule has 0 atom stereocenters. The normalized spacial score (nSPS) is 17.6. The first-order chi connectivity index (χ1) is 13.4. The van der Waals surface area contributed by atoms with Gasteiger partial charge in [0.15, 0.2) is 0 Å². The van der Waals surface area contributed by atoms with E-state index in [0.717, 1.165) is 25.2 Å². The lowest BCUT2D eigenvalue weighted by molar-refractivity contribution is 0.0628. The van der Waals surface area contributed by atoms with Gasteiger partial charge in [-0.2, -0.15) is 0 Å². The van der Waals surface area contributed by atoms with Gasteiger partial charge in [0, 0.05) is 57.2 Å². The van der Waals surface area contributed by atoms with E-state index in [2.05, 4.69) is 9.88 Å². The SMILES string of the molecule is CS(=O)(=O)N1CCc2cc(C(=O)N3CCN(Cc4ccncc4)CC3)ccc21. The molecule has 1 amide bonds. The predicted molar refractivity (Wildman–Crippen MR) is 108 cm³/mol. The molecule has 0 bridgehead atoms. The molecule has 0 aliphatic carbocycles. The average Bonchev–Trinajstić information content (AvgIpc) is 3.12. The monoisotopic (exact) mass is 400 g/mol. The second-order valence-electron chi connectivity index (χ2n) is 7.35. The molecule has 1 fully saturated rings. The Hall–Kier alpha value is -2.45. The maximum absolute atomic E-state index is 12.9. The van der Waals surface area contributed by atoms with Crippen molar-refractivity contribution in [1.82, 2.24) is 14.8 Å². The van der Waals surface area contributed by atoms with Gasteiger partial charge in [-0.05, 0) is 47.9 Å². The van der Waals surface area contributed by atoms with E-state index >= 15 is 0 Å². The van der Waals surface area contributed by atoms with Gasteiger partial charge in [0.1, 0.15) is 0 Å². The maximum atomic E-state index is 12.9. The number of nitrogens with zero attached hydrogens (tertiary/aromatic N) is 4. The average molecular weight is 401 g/mol. The fourth-order valence-corrected chi connectivity index (χ4v) is 4.85. The van der Waals surface area contributed by atoms with Crippen molar-refractivity contribution in [2.45, 2.75) is 13.0 Å². The molecule has 2 aliphatic rings. The molecule has 0 unspecified atom stereocenters. The van der Waals surface area contributed by atoms with Crippen LogP contribution in [0.4, 0.5) is 5.69 Å². The molecule has 1 aromatic carbocycles. The maximum Gasteiger partial charge on any atom is 0.253 e. The van der Waals surface area contributed by atoms with Crippen LogP contribution < -0.4 is 4.31 Å². The van der Waals surface area contributed by atoms with Gasteiger partial charge in [-0.15, -0.1) is 0 Å². The standard InChI is InChI=1S/C20H24N4O3S/c1-28(26,27)24-9-6-17-14-18(2-3-19(17)24)20(25)23-12-10-22(11-13-23)15-16-4-7-21-8-5-16/h2-5,7-8,14H,6,9-13,15H2,1H3. The van der Waals surface area contributed by atoms with Gasteiger partial charge in [-0.3, -0.25) is 19.0 Å². The first-order valence-electron chi connectivity index (χ1n) is 9.43. The highest BCUT2D eigenvalue weighted by atomic mass is 32.2. The third kappa shape index (κ3) is 3.88. The first kappa shape index (κ1) is 18.9. The Bertz CT molecular complexity index is 970. The fraction of sp³-hybridized carbons (Fsp3) is 0.400. The van der Waals surface area contributed by atoms with Crippen LogP contribution in [0, 0.1) is 0 Å². The minimum Gasteiger partial charge on any atom is -0.336 e. The van der Waals surface area contributed by atoms with Crippen LogP contribution in [0.5, 0.6) is 0 Å². The lowest BCUT2D eigenvalue weighted by Gasteiger charge is -2.34. The number of piperazine rings is 1. The molecule has 2 aromatic rings. The van der Waals surface area contributed by atoms with Crippen molar-refractivity contribution < 1.29 is 13.2 Å². The minimum absolute atomic E-state index is 0.0177. The van der Waals surface area contributed by atoms with Gasteiger partial charge in [0.25, 0.3) is 5.91 Å². The van der Waals surface area contributed by atoms with E-state index in [9.17, 15) is 13.2 Å². The first-order valence-corrected chi connectivity index (χ1v) is 11.3. The van der Waals surface area contributed by atoms with E-state index in [1.807, 2.05) is 23.1 Å². The highest BCUT2D eigenvalue weighted by Gasteiger charge is 2.28. The number of anilines is 1. The molecule has 1 aromatic heterocycles. The highest BCUT2D eigenvalue weighted by Crippen LogP contribution is 2.31. The van der Waals surface area contributed by atoms with Crippen LogP contribution >= 0.6 is 0 Å². The quantitative estimate of drug-likeness (QED) is 0.775. The summed E-state index contributed by atoms with van der Waals surface area (Å²) < 4.78 is 25.1. The number of hydrogen-bond acceptors (Lipinski definition) is 5. The Morgan fingerprint density at radius 1 is 1.04 bits per heavy atom. The van der Waals surface area contributed by atoms with Crippen molar-refractivity contribution in [2.75, 3.05) is 43.3 Å². The van der Waals surface area contributed by atoms with Crippen molar-refractivity contribution >= 4 is 21.6 Å². The zero-order valence-electron chi connectivity index (χ0n) is 15.9. The summed E-state index contributed by atoms with van der Waals surface area (Å²) in [6.45, 7) is 4.36. The van der Waals surface area contributed by atoms with Gasteiger partial charge in [-0.1, -0.05) is 0 Å². The Morgan fingerprint density at radius 2 is 1.75 bits per heavy atom. The summed E-state index contributed by atoms with van der Waals surface area (Å²) in [5.41, 5.74) is 3.48. The molecule has 2 aliphatic heterocycles. The van der Waals surface area contributed by atoms with Crippen molar-refractivity contribution in [3.63, 3.8) is 0 Å². The fourth-order valence-electron chi connectivity index (χ4n) is 3.89. The van der Waals surface area contributed by atoms with Gasteiger partial charge in [0.2, 0.25) is 10.0 Å². The number of benzene rings is 1. The summed E-state index contributed by atoms with van der Waals surface area (Å²) >= 11 is 0. The summed E-state index contributed by atoms with van der Waals surface area (Å²) in [6, 6.07) is 9.39. The van der Waals surface area contributed by atoms with E-state index in [-0.39, 0.29) is 5.91 Å². The highest BCUT2D eigenvalue weighted by molar-refractivity contribution is 7.92. The van der Waals surface area contributed by atoms with Gasteiger partial charge in [-0.25, -0.2) is 8.42 Å². The molecule has 0 radical (unpaired) electrons. The third-order valence-electron chi connectivity index (χ3n) is 5.39. The molecule has 7 nitrogen and oxygen atoms in total. The molecule has 0 N–H and O–H groups in total. The van der Waals surface area contributed by atoms with E-state index in [0.29, 0.717) is 37.3 Å². The van der Waals surface area contributed by atoms with Crippen LogP contribution in [0.15, 0.2) is 42.7 Å². The molecular weight excluding hydrogens is 376 g/mol. The number of pyridine rings is 1. The number of carbonyl (C=O) groups excluding carboxylic acids is 1. The van der Waals surface area contributed by atoms with Crippen molar-refractivity contribution in [1.29, 1.82) is 0 Å². The summed E-state index contributed by atoms with van der Waals surface area (Å²) in [6.07, 6.45) is 5.46. The van der Waals surface area contributed by atoms with Gasteiger partial charge < -0.3 is 4.90 Å². The topological polar surface area (TPSA) is 73.8 Å². The number of rotatable bonds is 4. The van der Waals surface area contributed by atoms with Crippen molar-refractivity contribution in [3.8, 4) is 0 Å². The van der Waals surface area contributed by atoms with E-state index in [1.54, 1.807) is 24.5 Å². The minimum atomic E-state index is -3.27. The van der Waals surface area contributed by atoms with Crippen LogP contribution in [0.25, 0.3) is 0 Å². The third-order valence-corrected chi connectivity index (χ3v) is 6.57. The summed E-state index contributed by atoms with van der Waals surface area (Å²) in [4.78, 5) is 21.2. The van der Waals surface area contributed by atoms with Crippen LogP contribution in [0.2, 0.25) is 0 Å². The molecule has 1 saturated heterocycles. The van der Waals surface area contributed by atoms with Crippen molar-refractivity contribution in [3.05, 3.63) is 59.4 Å². The Kier molecular flexibility index (Phi) is 5.07. The van der Waals surface area contributed by atoms with Gasteiger partial charge in [0.05, 0.1) is 11.9 Å². The number of hydrogen-bond donors (Lipinski definition) is 0. The Labute approximate surface area is 165 Å². The van der Waals surface area contributed by atoms with E-state index in [1.165, 1.54) is 16.1 Å². The van der Waals surface area contributed by atoms with Crippen LogP contribution in [-0.2, 0) is 23.0 Å². The summed E-state index contributed by atoms with van der Waals surface area (Å²) in [7, 11) is -3.27. The molecule has 8 heteroatoms. The smallest absolute Gasteiger partial charge is 0.253 e. The van der Waals surface area contributed by atoms with E-state index < -0.39 is 10.0 Å². The largest absolute Gasteiger partial charge is 0.336 e. The molecule has 0 saturated carbocycles. The molecule has 148 valence electrons. The van der Waals surface area contributed by atoms with Crippen molar-refractivity contribution in [2.24, 2.45) is 0 Å². The van der Waals surface area contributed by atoms with Crippen LogP contribution in [0.3, 0.4) is 0 Å². The van der Waals surface area contributed by atoms with E-state index in [4.69, 9.17) is 0 Å². The number of carbonyl (C=O) groups is 1. The molecule has 4 rings (SSSR count). The van der Waals surface area contributed by atoms with Crippen LogP contribution in [-0.4, -0.2) is 68.1 Å². The number of sulfonamides is 1. The zero-order chi connectivity index (χ0) is 19.7.